The first-order valence-electron chi connectivity index (χ1n) is 7.16. The zero-order chi connectivity index (χ0) is 14.6. The van der Waals surface area contributed by atoms with Gasteiger partial charge in [-0.2, -0.15) is 0 Å². The highest BCUT2D eigenvalue weighted by Crippen LogP contribution is 2.24. The molecule has 1 heterocycles. The largest absolute Gasteiger partial charge is 0.385 e. The monoisotopic (exact) mass is 277 g/mol. The van der Waals surface area contributed by atoms with E-state index in [1.165, 1.54) is 5.56 Å². The fraction of sp³-hybridized carbons (Fsp3) is 0.562. The van der Waals surface area contributed by atoms with Gasteiger partial charge in [-0.15, -0.1) is 0 Å². The quantitative estimate of drug-likeness (QED) is 0.859. The predicted octanol–water partition coefficient (Wildman–Crippen LogP) is 1.58. The fourth-order valence-electron chi connectivity index (χ4n) is 2.36. The molecule has 1 aromatic carbocycles. The Bertz CT molecular complexity index is 457. The van der Waals surface area contributed by atoms with Gasteiger partial charge < -0.3 is 15.2 Å². The lowest BCUT2D eigenvalue weighted by Gasteiger charge is -2.26. The minimum Gasteiger partial charge on any atom is -0.385 e. The van der Waals surface area contributed by atoms with Gasteiger partial charge in [0.2, 0.25) is 5.91 Å². The summed E-state index contributed by atoms with van der Waals surface area (Å²) in [7, 11) is 0. The van der Waals surface area contributed by atoms with Crippen LogP contribution in [0.3, 0.4) is 0 Å². The summed E-state index contributed by atoms with van der Waals surface area (Å²) >= 11 is 0. The van der Waals surface area contributed by atoms with Crippen molar-refractivity contribution >= 4 is 5.91 Å². The molecule has 110 valence electrons. The van der Waals surface area contributed by atoms with Crippen LogP contribution in [0.1, 0.15) is 30.9 Å². The molecule has 20 heavy (non-hydrogen) atoms. The molecule has 2 atom stereocenters. The van der Waals surface area contributed by atoms with Crippen LogP contribution in [-0.4, -0.2) is 35.9 Å². The standard InChI is InChI=1S/C16H23NO3/c1-12-3-5-14(6-4-12)7-8-15(18)17-11-16(19)9-10-20-13(16)2/h3-6,13,19H,7-11H2,1-2H3,(H,17,18). The first-order valence-corrected chi connectivity index (χ1v) is 7.16. The van der Waals surface area contributed by atoms with Gasteiger partial charge >= 0.3 is 0 Å². The lowest BCUT2D eigenvalue weighted by Crippen LogP contribution is -2.47. The van der Waals surface area contributed by atoms with E-state index in [4.69, 9.17) is 4.74 Å². The van der Waals surface area contributed by atoms with Crippen LogP contribution < -0.4 is 5.32 Å². The van der Waals surface area contributed by atoms with Crippen molar-refractivity contribution in [2.75, 3.05) is 13.2 Å². The lowest BCUT2D eigenvalue weighted by atomic mass is 9.96. The number of nitrogens with one attached hydrogen (secondary N) is 1. The number of hydrogen-bond donors (Lipinski definition) is 2. The normalized spacial score (nSPS) is 25.6. The summed E-state index contributed by atoms with van der Waals surface area (Å²) in [6.07, 6.45) is 1.51. The number of amides is 1. The summed E-state index contributed by atoms with van der Waals surface area (Å²) in [5.74, 6) is -0.0295. The maximum Gasteiger partial charge on any atom is 0.220 e. The highest BCUT2D eigenvalue weighted by Gasteiger charge is 2.39. The van der Waals surface area contributed by atoms with Gasteiger partial charge in [0.15, 0.2) is 0 Å². The van der Waals surface area contributed by atoms with Crippen molar-refractivity contribution in [1.82, 2.24) is 5.32 Å². The van der Waals surface area contributed by atoms with Crippen LogP contribution in [-0.2, 0) is 16.0 Å². The number of hydrogen-bond acceptors (Lipinski definition) is 3. The highest BCUT2D eigenvalue weighted by atomic mass is 16.5. The molecule has 0 radical (unpaired) electrons. The molecule has 1 aliphatic rings. The van der Waals surface area contributed by atoms with E-state index in [0.717, 1.165) is 12.0 Å². The minimum absolute atomic E-state index is 0.0295. The molecule has 0 aliphatic carbocycles. The SMILES string of the molecule is Cc1ccc(CCC(=O)NCC2(O)CCOC2C)cc1. The maximum atomic E-state index is 11.8. The van der Waals surface area contributed by atoms with Crippen molar-refractivity contribution in [3.63, 3.8) is 0 Å². The molecule has 0 spiro atoms. The maximum absolute atomic E-state index is 11.8. The molecule has 0 aromatic heterocycles. The Hall–Kier alpha value is -1.39. The Labute approximate surface area is 120 Å². The zero-order valence-corrected chi connectivity index (χ0v) is 12.2. The van der Waals surface area contributed by atoms with E-state index in [-0.39, 0.29) is 18.6 Å². The van der Waals surface area contributed by atoms with Crippen LogP contribution >= 0.6 is 0 Å². The van der Waals surface area contributed by atoms with Crippen molar-refractivity contribution in [2.45, 2.75) is 44.8 Å². The van der Waals surface area contributed by atoms with Gasteiger partial charge in [-0.05, 0) is 25.8 Å². The van der Waals surface area contributed by atoms with Crippen molar-refractivity contribution in [1.29, 1.82) is 0 Å². The average Bonchev–Trinajstić information content (AvgIpc) is 2.76. The number of carbonyl (C=O) groups is 1. The Morgan fingerprint density at radius 2 is 2.15 bits per heavy atom. The van der Waals surface area contributed by atoms with Crippen molar-refractivity contribution in [2.24, 2.45) is 0 Å². The van der Waals surface area contributed by atoms with Gasteiger partial charge in [-0.1, -0.05) is 29.8 Å². The van der Waals surface area contributed by atoms with Gasteiger partial charge in [0, 0.05) is 26.0 Å². The second kappa shape index (κ2) is 6.37. The van der Waals surface area contributed by atoms with Gasteiger partial charge in [0.05, 0.1) is 6.10 Å². The third-order valence-corrected chi connectivity index (χ3v) is 4.01. The summed E-state index contributed by atoms with van der Waals surface area (Å²) in [5, 5.41) is 13.1. The van der Waals surface area contributed by atoms with E-state index in [2.05, 4.69) is 5.32 Å². The fourth-order valence-corrected chi connectivity index (χ4v) is 2.36. The summed E-state index contributed by atoms with van der Waals surface area (Å²) in [5.41, 5.74) is 1.46. The Morgan fingerprint density at radius 1 is 1.45 bits per heavy atom. The molecule has 1 fully saturated rings. The Morgan fingerprint density at radius 3 is 2.75 bits per heavy atom. The first kappa shape index (κ1) is 15.0. The summed E-state index contributed by atoms with van der Waals surface area (Å²) in [6.45, 7) is 4.70. The second-order valence-electron chi connectivity index (χ2n) is 5.63. The molecule has 1 aromatic rings. The van der Waals surface area contributed by atoms with Gasteiger partial charge in [0.1, 0.15) is 5.60 Å². The molecular weight excluding hydrogens is 254 g/mol. The smallest absolute Gasteiger partial charge is 0.220 e. The topological polar surface area (TPSA) is 58.6 Å². The van der Waals surface area contributed by atoms with E-state index in [1.54, 1.807) is 0 Å². The summed E-state index contributed by atoms with van der Waals surface area (Å²) < 4.78 is 5.34. The summed E-state index contributed by atoms with van der Waals surface area (Å²) in [6, 6.07) is 8.19. The highest BCUT2D eigenvalue weighted by molar-refractivity contribution is 5.76. The zero-order valence-electron chi connectivity index (χ0n) is 12.2. The van der Waals surface area contributed by atoms with E-state index in [9.17, 15) is 9.90 Å². The minimum atomic E-state index is -0.917. The van der Waals surface area contributed by atoms with Crippen LogP contribution in [0.25, 0.3) is 0 Å². The molecule has 4 nitrogen and oxygen atoms in total. The number of aryl methyl sites for hydroxylation is 2. The molecule has 1 aliphatic heterocycles. The van der Waals surface area contributed by atoms with E-state index < -0.39 is 5.60 Å². The number of rotatable bonds is 5. The number of carbonyl (C=O) groups excluding carboxylic acids is 1. The summed E-state index contributed by atoms with van der Waals surface area (Å²) in [4.78, 5) is 11.8. The van der Waals surface area contributed by atoms with Crippen LogP contribution in [0.15, 0.2) is 24.3 Å². The van der Waals surface area contributed by atoms with Crippen molar-refractivity contribution in [3.05, 3.63) is 35.4 Å². The number of ether oxygens (including phenoxy) is 1. The third-order valence-electron chi connectivity index (χ3n) is 4.01. The van der Waals surface area contributed by atoms with Crippen molar-refractivity contribution < 1.29 is 14.6 Å². The van der Waals surface area contributed by atoms with Crippen molar-refractivity contribution in [3.8, 4) is 0 Å². The predicted molar refractivity (Wildman–Crippen MR) is 77.5 cm³/mol. The molecule has 2 N–H and O–H groups in total. The van der Waals surface area contributed by atoms with E-state index in [1.807, 2.05) is 38.1 Å². The molecule has 0 bridgehead atoms. The first-order chi connectivity index (χ1) is 9.49. The second-order valence-corrected chi connectivity index (χ2v) is 5.63. The Balaban J connectivity index is 1.74. The molecule has 1 saturated heterocycles. The van der Waals surface area contributed by atoms with Crippen LogP contribution in [0, 0.1) is 6.92 Å². The third kappa shape index (κ3) is 3.81. The molecule has 0 saturated carbocycles. The average molecular weight is 277 g/mol. The Kier molecular flexibility index (Phi) is 4.78. The molecule has 2 unspecified atom stereocenters. The van der Waals surface area contributed by atoms with E-state index >= 15 is 0 Å². The molecule has 1 amide bonds. The number of benzene rings is 1. The van der Waals surface area contributed by atoms with Gasteiger partial charge in [-0.3, -0.25) is 4.79 Å². The molecule has 4 heteroatoms. The van der Waals surface area contributed by atoms with Crippen LogP contribution in [0.2, 0.25) is 0 Å². The van der Waals surface area contributed by atoms with Crippen LogP contribution in [0.4, 0.5) is 0 Å². The van der Waals surface area contributed by atoms with Crippen LogP contribution in [0.5, 0.6) is 0 Å². The molecule has 2 rings (SSSR count). The molecular formula is C16H23NO3. The van der Waals surface area contributed by atoms with Gasteiger partial charge in [0.25, 0.3) is 0 Å². The van der Waals surface area contributed by atoms with Gasteiger partial charge in [-0.25, -0.2) is 0 Å². The number of aliphatic hydroxyl groups is 1. The lowest BCUT2D eigenvalue weighted by molar-refractivity contribution is -0.122. The van der Waals surface area contributed by atoms with E-state index in [0.29, 0.717) is 19.4 Å².